The molecule has 1 aromatic rings. The van der Waals surface area contributed by atoms with Gasteiger partial charge in [0.2, 0.25) is 0 Å². The molecule has 1 aliphatic heterocycles. The molecule has 0 unspecified atom stereocenters. The van der Waals surface area contributed by atoms with Crippen LogP contribution >= 0.6 is 0 Å². The van der Waals surface area contributed by atoms with Gasteiger partial charge in [-0.2, -0.15) is 0 Å². The first-order valence-corrected chi connectivity index (χ1v) is 9.49. The summed E-state index contributed by atoms with van der Waals surface area (Å²) in [6, 6.07) is 5.02. The van der Waals surface area contributed by atoms with Crippen LogP contribution in [0.15, 0.2) is 24.3 Å². The number of benzene rings is 1. The van der Waals surface area contributed by atoms with Gasteiger partial charge in [0.25, 0.3) is 5.69 Å². The number of nitro groups is 1. The van der Waals surface area contributed by atoms with Crippen molar-refractivity contribution >= 4 is 17.8 Å². The number of nitro benzene ring substituents is 1. The van der Waals surface area contributed by atoms with Crippen LogP contribution in [0.3, 0.4) is 0 Å². The van der Waals surface area contributed by atoms with Crippen LogP contribution < -0.4 is 4.74 Å². The van der Waals surface area contributed by atoms with E-state index in [4.69, 9.17) is 23.7 Å². The van der Waals surface area contributed by atoms with Gasteiger partial charge in [-0.15, -0.1) is 0 Å². The number of carbonyl (C=O) groups excluding carboxylic acids is 2. The normalized spacial score (nSPS) is 20.8. The summed E-state index contributed by atoms with van der Waals surface area (Å²) in [4.78, 5) is 34.1. The van der Waals surface area contributed by atoms with Gasteiger partial charge in [-0.05, 0) is 46.8 Å². The maximum atomic E-state index is 12.1. The van der Waals surface area contributed by atoms with Gasteiger partial charge in [0.15, 0.2) is 5.79 Å². The Balaban J connectivity index is 1.86. The number of carbonyl (C=O) groups is 2. The zero-order chi connectivity index (χ0) is 22.5. The van der Waals surface area contributed by atoms with Gasteiger partial charge in [0.1, 0.15) is 18.0 Å². The first-order valence-electron chi connectivity index (χ1n) is 9.49. The van der Waals surface area contributed by atoms with Crippen molar-refractivity contribution < 1.29 is 38.2 Å². The molecule has 0 bridgehead atoms. The predicted octanol–water partition coefficient (Wildman–Crippen LogP) is 3.75. The average molecular weight is 425 g/mol. The highest BCUT2D eigenvalue weighted by Crippen LogP contribution is 2.29. The van der Waals surface area contributed by atoms with Gasteiger partial charge >= 0.3 is 12.1 Å². The van der Waals surface area contributed by atoms with Crippen molar-refractivity contribution in [1.29, 1.82) is 0 Å². The summed E-state index contributed by atoms with van der Waals surface area (Å²) in [5.41, 5.74) is -0.716. The largest absolute Gasteiger partial charge is 0.513 e. The fourth-order valence-electron chi connectivity index (χ4n) is 2.94. The Labute approximate surface area is 174 Å². The Hall–Kier alpha value is -2.72. The van der Waals surface area contributed by atoms with E-state index in [0.29, 0.717) is 6.42 Å². The second-order valence-corrected chi connectivity index (χ2v) is 8.32. The minimum Gasteiger partial charge on any atom is -0.460 e. The molecule has 0 radical (unpaired) electrons. The summed E-state index contributed by atoms with van der Waals surface area (Å²) in [6.07, 6.45) is -1.56. The Morgan fingerprint density at radius 2 is 1.77 bits per heavy atom. The Morgan fingerprint density at radius 3 is 2.33 bits per heavy atom. The van der Waals surface area contributed by atoms with E-state index in [1.54, 1.807) is 34.6 Å². The molecular formula is C20H27NO9. The fraction of sp³-hybridized carbons (Fsp3) is 0.600. The zero-order valence-electron chi connectivity index (χ0n) is 17.7. The van der Waals surface area contributed by atoms with Gasteiger partial charge in [-0.1, -0.05) is 0 Å². The molecule has 0 N–H and O–H groups in total. The summed E-state index contributed by atoms with van der Waals surface area (Å²) in [7, 11) is 0. The van der Waals surface area contributed by atoms with Crippen LogP contribution in [-0.2, 0) is 23.7 Å². The van der Waals surface area contributed by atoms with E-state index >= 15 is 0 Å². The number of nitrogens with zero attached hydrogens (tertiary/aromatic N) is 1. The van der Waals surface area contributed by atoms with Crippen molar-refractivity contribution in [3.05, 3.63) is 34.4 Å². The molecule has 1 heterocycles. The quantitative estimate of drug-likeness (QED) is 0.290. The summed E-state index contributed by atoms with van der Waals surface area (Å²) < 4.78 is 26.9. The number of hydrogen-bond donors (Lipinski definition) is 0. The lowest BCUT2D eigenvalue weighted by Gasteiger charge is -2.40. The Bertz CT molecular complexity index is 767. The molecule has 1 aliphatic rings. The molecule has 1 aromatic carbocycles. The third kappa shape index (κ3) is 7.96. The van der Waals surface area contributed by atoms with Crippen molar-refractivity contribution in [2.75, 3.05) is 6.61 Å². The molecule has 10 heteroatoms. The molecule has 166 valence electrons. The van der Waals surface area contributed by atoms with Gasteiger partial charge in [0, 0.05) is 18.6 Å². The summed E-state index contributed by atoms with van der Waals surface area (Å²) in [6.45, 7) is 8.66. The second kappa shape index (κ2) is 9.40. The van der Waals surface area contributed by atoms with E-state index in [-0.39, 0.29) is 30.4 Å². The van der Waals surface area contributed by atoms with Crippen LogP contribution in [0, 0.1) is 10.1 Å². The number of non-ortho nitro benzene ring substituents is 1. The van der Waals surface area contributed by atoms with Crippen LogP contribution in [0.25, 0.3) is 0 Å². The lowest BCUT2D eigenvalue weighted by Crippen LogP contribution is -2.47. The summed E-state index contributed by atoms with van der Waals surface area (Å²) >= 11 is 0. The highest BCUT2D eigenvalue weighted by molar-refractivity contribution is 5.70. The predicted molar refractivity (Wildman–Crippen MR) is 104 cm³/mol. The number of hydrogen-bond acceptors (Lipinski definition) is 9. The molecule has 0 spiro atoms. The molecule has 0 aliphatic carbocycles. The molecule has 1 saturated heterocycles. The minimum atomic E-state index is -0.972. The van der Waals surface area contributed by atoms with Gasteiger partial charge in [0.05, 0.1) is 23.6 Å². The van der Waals surface area contributed by atoms with Crippen LogP contribution in [0.2, 0.25) is 0 Å². The van der Waals surface area contributed by atoms with Gasteiger partial charge < -0.3 is 23.7 Å². The van der Waals surface area contributed by atoms with Crippen LogP contribution in [0.5, 0.6) is 5.75 Å². The van der Waals surface area contributed by atoms with Gasteiger partial charge in [-0.25, -0.2) is 4.79 Å². The lowest BCUT2D eigenvalue weighted by molar-refractivity contribution is -0.384. The molecule has 0 aromatic heterocycles. The Morgan fingerprint density at radius 1 is 1.17 bits per heavy atom. The van der Waals surface area contributed by atoms with Crippen LogP contribution in [-0.4, -0.2) is 47.3 Å². The molecule has 1 fully saturated rings. The third-order valence-electron chi connectivity index (χ3n) is 3.88. The number of esters is 1. The Kier molecular flexibility index (Phi) is 7.38. The number of rotatable bonds is 6. The van der Waals surface area contributed by atoms with Crippen molar-refractivity contribution in [3.63, 3.8) is 0 Å². The van der Waals surface area contributed by atoms with Gasteiger partial charge in [-0.3, -0.25) is 14.9 Å². The first kappa shape index (κ1) is 23.6. The first-order chi connectivity index (χ1) is 13.8. The molecule has 2 rings (SSSR count). The van der Waals surface area contributed by atoms with E-state index in [2.05, 4.69) is 0 Å². The molecule has 10 nitrogen and oxygen atoms in total. The van der Waals surface area contributed by atoms with E-state index < -0.39 is 34.7 Å². The monoisotopic (exact) mass is 425 g/mol. The van der Waals surface area contributed by atoms with Crippen molar-refractivity contribution in [2.24, 2.45) is 0 Å². The SMILES string of the molecule is CC(C)(C)OC(=O)C[C@H]1C[C@@H](COC(=O)Oc2ccc([N+](=O)[O-])cc2)OC(C)(C)O1. The van der Waals surface area contributed by atoms with Crippen molar-refractivity contribution in [1.82, 2.24) is 0 Å². The summed E-state index contributed by atoms with van der Waals surface area (Å²) in [5.74, 6) is -1.25. The molecular weight excluding hydrogens is 398 g/mol. The molecule has 0 amide bonds. The molecule has 30 heavy (non-hydrogen) atoms. The highest BCUT2D eigenvalue weighted by Gasteiger charge is 2.37. The van der Waals surface area contributed by atoms with Crippen molar-refractivity contribution in [3.8, 4) is 5.75 Å². The topological polar surface area (TPSA) is 123 Å². The highest BCUT2D eigenvalue weighted by atomic mass is 16.7. The molecule has 2 atom stereocenters. The van der Waals surface area contributed by atoms with Crippen LogP contribution in [0.4, 0.5) is 10.5 Å². The second-order valence-electron chi connectivity index (χ2n) is 8.32. The van der Waals surface area contributed by atoms with Crippen molar-refractivity contribution in [2.45, 2.75) is 71.1 Å². The third-order valence-corrected chi connectivity index (χ3v) is 3.88. The van der Waals surface area contributed by atoms with E-state index in [1.165, 1.54) is 24.3 Å². The fourth-order valence-corrected chi connectivity index (χ4v) is 2.94. The van der Waals surface area contributed by atoms with E-state index in [0.717, 1.165) is 0 Å². The standard InChI is InChI=1S/C20H27NO9/c1-19(2,3)30-17(22)11-15-10-16(29-20(4,5)28-15)12-26-18(23)27-14-8-6-13(7-9-14)21(24)25/h6-9,15-16H,10-12H2,1-5H3/t15-,16+/m1/s1. The summed E-state index contributed by atoms with van der Waals surface area (Å²) in [5, 5.41) is 10.6. The average Bonchev–Trinajstić information content (AvgIpc) is 2.57. The number of ether oxygens (including phenoxy) is 5. The zero-order valence-corrected chi connectivity index (χ0v) is 17.7. The van der Waals surface area contributed by atoms with Crippen LogP contribution in [0.1, 0.15) is 47.5 Å². The molecule has 0 saturated carbocycles. The maximum absolute atomic E-state index is 12.1. The minimum absolute atomic E-state index is 0.0494. The maximum Gasteiger partial charge on any atom is 0.513 e. The lowest BCUT2D eigenvalue weighted by atomic mass is 10.1. The smallest absolute Gasteiger partial charge is 0.460 e. The van der Waals surface area contributed by atoms with E-state index in [1.807, 2.05) is 0 Å². The van der Waals surface area contributed by atoms with E-state index in [9.17, 15) is 19.7 Å².